The van der Waals surface area contributed by atoms with Crippen LogP contribution in [0.4, 0.5) is 13.2 Å². The highest BCUT2D eigenvalue weighted by atomic mass is 32.1. The van der Waals surface area contributed by atoms with E-state index in [1.165, 1.54) is 17.7 Å². The lowest BCUT2D eigenvalue weighted by Crippen LogP contribution is -2.43. The first-order valence-corrected chi connectivity index (χ1v) is 10.9. The number of benzene rings is 1. The maximum absolute atomic E-state index is 12.7. The SMILES string of the molecule is CCC(C)CN1CC[C@@H](c2ccsc2)[C@H](COc2ccc(C(F)(F)F)cc2)C1. The highest BCUT2D eigenvalue weighted by molar-refractivity contribution is 7.07. The van der Waals surface area contributed by atoms with Crippen molar-refractivity contribution >= 4 is 11.3 Å². The maximum atomic E-state index is 12.7. The van der Waals surface area contributed by atoms with Crippen LogP contribution in [0.5, 0.6) is 5.75 Å². The van der Waals surface area contributed by atoms with E-state index in [1.54, 1.807) is 11.3 Å². The van der Waals surface area contributed by atoms with Crippen LogP contribution in [0.15, 0.2) is 41.1 Å². The van der Waals surface area contributed by atoms with Crippen molar-refractivity contribution in [3.05, 3.63) is 52.2 Å². The number of likely N-dealkylation sites (tertiary alicyclic amines) is 1. The Morgan fingerprint density at radius 2 is 1.96 bits per heavy atom. The Kier molecular flexibility index (Phi) is 7.05. The number of rotatable bonds is 7. The molecule has 2 nitrogen and oxygen atoms in total. The third-order valence-electron chi connectivity index (χ3n) is 5.70. The Bertz CT molecular complexity index is 714. The van der Waals surface area contributed by atoms with Gasteiger partial charge in [-0.3, -0.25) is 0 Å². The van der Waals surface area contributed by atoms with E-state index in [1.807, 2.05) is 0 Å². The van der Waals surface area contributed by atoms with Gasteiger partial charge in [0.15, 0.2) is 0 Å². The normalized spacial score (nSPS) is 22.2. The van der Waals surface area contributed by atoms with Gasteiger partial charge in [-0.05, 0) is 71.5 Å². The number of piperidine rings is 1. The zero-order valence-electron chi connectivity index (χ0n) is 16.4. The van der Waals surface area contributed by atoms with Crippen LogP contribution in [0.2, 0.25) is 0 Å². The quantitative estimate of drug-likeness (QED) is 0.530. The molecule has 154 valence electrons. The van der Waals surface area contributed by atoms with Crippen molar-refractivity contribution in [1.29, 1.82) is 0 Å². The van der Waals surface area contributed by atoms with E-state index in [0.717, 1.165) is 44.6 Å². The van der Waals surface area contributed by atoms with Gasteiger partial charge in [0.1, 0.15) is 5.75 Å². The van der Waals surface area contributed by atoms with Crippen molar-refractivity contribution in [2.24, 2.45) is 11.8 Å². The summed E-state index contributed by atoms with van der Waals surface area (Å²) >= 11 is 1.71. The second-order valence-electron chi connectivity index (χ2n) is 7.82. The molecule has 3 atom stereocenters. The summed E-state index contributed by atoms with van der Waals surface area (Å²) in [5.41, 5.74) is 0.711. The number of alkyl halides is 3. The van der Waals surface area contributed by atoms with Gasteiger partial charge in [-0.25, -0.2) is 0 Å². The molecule has 2 heterocycles. The average Bonchev–Trinajstić information content (AvgIpc) is 3.20. The Morgan fingerprint density at radius 1 is 1.21 bits per heavy atom. The monoisotopic (exact) mass is 411 g/mol. The largest absolute Gasteiger partial charge is 0.493 e. The van der Waals surface area contributed by atoms with Crippen LogP contribution in [0.3, 0.4) is 0 Å². The second-order valence-corrected chi connectivity index (χ2v) is 8.60. The molecule has 3 rings (SSSR count). The molecular weight excluding hydrogens is 383 g/mol. The minimum Gasteiger partial charge on any atom is -0.493 e. The van der Waals surface area contributed by atoms with Gasteiger partial charge in [-0.2, -0.15) is 24.5 Å². The van der Waals surface area contributed by atoms with Gasteiger partial charge in [-0.1, -0.05) is 20.3 Å². The summed E-state index contributed by atoms with van der Waals surface area (Å²) in [5.74, 6) is 1.92. The third kappa shape index (κ3) is 5.51. The van der Waals surface area contributed by atoms with Gasteiger partial charge in [0, 0.05) is 19.0 Å². The molecule has 0 bridgehead atoms. The number of halogens is 3. The zero-order chi connectivity index (χ0) is 20.1. The molecule has 1 aliphatic heterocycles. The molecule has 1 saturated heterocycles. The maximum Gasteiger partial charge on any atom is 0.416 e. The predicted molar refractivity (Wildman–Crippen MR) is 108 cm³/mol. The molecule has 2 aromatic rings. The number of ether oxygens (including phenoxy) is 1. The van der Waals surface area contributed by atoms with Crippen molar-refractivity contribution in [3.8, 4) is 5.75 Å². The smallest absolute Gasteiger partial charge is 0.416 e. The van der Waals surface area contributed by atoms with E-state index in [0.29, 0.717) is 30.1 Å². The molecular formula is C22H28F3NOS. The van der Waals surface area contributed by atoms with E-state index >= 15 is 0 Å². The van der Waals surface area contributed by atoms with E-state index in [4.69, 9.17) is 4.74 Å². The third-order valence-corrected chi connectivity index (χ3v) is 6.40. The summed E-state index contributed by atoms with van der Waals surface area (Å²) in [5, 5.41) is 4.31. The first-order valence-electron chi connectivity index (χ1n) is 9.91. The van der Waals surface area contributed by atoms with Crippen molar-refractivity contribution in [3.63, 3.8) is 0 Å². The fraction of sp³-hybridized carbons (Fsp3) is 0.545. The van der Waals surface area contributed by atoms with Gasteiger partial charge < -0.3 is 9.64 Å². The van der Waals surface area contributed by atoms with Crippen LogP contribution >= 0.6 is 11.3 Å². The highest BCUT2D eigenvalue weighted by Crippen LogP contribution is 2.35. The van der Waals surface area contributed by atoms with E-state index in [2.05, 4.69) is 35.6 Å². The Morgan fingerprint density at radius 3 is 2.57 bits per heavy atom. The molecule has 1 aromatic heterocycles. The number of hydrogen-bond donors (Lipinski definition) is 0. The summed E-state index contributed by atoms with van der Waals surface area (Å²) in [6.45, 7) is 8.15. The summed E-state index contributed by atoms with van der Waals surface area (Å²) in [4.78, 5) is 2.51. The van der Waals surface area contributed by atoms with Gasteiger partial charge in [0.2, 0.25) is 0 Å². The molecule has 0 saturated carbocycles. The van der Waals surface area contributed by atoms with Crippen LogP contribution in [0, 0.1) is 11.8 Å². The second kappa shape index (κ2) is 9.31. The van der Waals surface area contributed by atoms with Crippen LogP contribution < -0.4 is 4.74 Å². The standard InChI is InChI=1S/C22H28F3NOS/c1-3-16(2)12-26-10-8-21(17-9-11-28-15-17)18(13-26)14-27-20-6-4-19(5-7-20)22(23,24)25/h4-7,9,11,15-16,18,21H,3,8,10,12-14H2,1-2H3/t16?,18-,21-/m0/s1. The molecule has 0 amide bonds. The first-order chi connectivity index (χ1) is 13.4. The molecule has 0 aliphatic carbocycles. The van der Waals surface area contributed by atoms with Crippen molar-refractivity contribution in [2.45, 2.75) is 38.8 Å². The molecule has 28 heavy (non-hydrogen) atoms. The fourth-order valence-electron chi connectivity index (χ4n) is 3.88. The minimum absolute atomic E-state index is 0.328. The predicted octanol–water partition coefficient (Wildman–Crippen LogP) is 6.30. The molecule has 1 aliphatic rings. The highest BCUT2D eigenvalue weighted by Gasteiger charge is 2.32. The number of thiophene rings is 1. The van der Waals surface area contributed by atoms with Gasteiger partial charge in [0.25, 0.3) is 0 Å². The molecule has 6 heteroatoms. The lowest BCUT2D eigenvalue weighted by atomic mass is 9.81. The van der Waals surface area contributed by atoms with Gasteiger partial charge in [-0.15, -0.1) is 0 Å². The Balaban J connectivity index is 1.66. The molecule has 0 radical (unpaired) electrons. The molecule has 0 N–H and O–H groups in total. The van der Waals surface area contributed by atoms with E-state index < -0.39 is 11.7 Å². The molecule has 0 spiro atoms. The lowest BCUT2D eigenvalue weighted by molar-refractivity contribution is -0.137. The van der Waals surface area contributed by atoms with Gasteiger partial charge in [0.05, 0.1) is 12.2 Å². The van der Waals surface area contributed by atoms with Crippen molar-refractivity contribution in [2.75, 3.05) is 26.2 Å². The fourth-order valence-corrected chi connectivity index (χ4v) is 4.61. The first kappa shape index (κ1) is 21.2. The Labute approximate surface area is 169 Å². The van der Waals surface area contributed by atoms with Crippen molar-refractivity contribution in [1.82, 2.24) is 4.90 Å². The molecule has 1 unspecified atom stereocenters. The minimum atomic E-state index is -4.32. The van der Waals surface area contributed by atoms with Crippen LogP contribution in [-0.2, 0) is 6.18 Å². The topological polar surface area (TPSA) is 12.5 Å². The molecule has 1 fully saturated rings. The van der Waals surface area contributed by atoms with Crippen LogP contribution in [-0.4, -0.2) is 31.1 Å². The summed E-state index contributed by atoms with van der Waals surface area (Å²) in [7, 11) is 0. The average molecular weight is 412 g/mol. The van der Waals surface area contributed by atoms with E-state index in [9.17, 15) is 13.2 Å². The van der Waals surface area contributed by atoms with Gasteiger partial charge >= 0.3 is 6.18 Å². The summed E-state index contributed by atoms with van der Waals surface area (Å²) in [6, 6.07) is 7.19. The van der Waals surface area contributed by atoms with Crippen molar-refractivity contribution < 1.29 is 17.9 Å². The van der Waals surface area contributed by atoms with E-state index in [-0.39, 0.29) is 0 Å². The van der Waals surface area contributed by atoms with Crippen LogP contribution in [0.1, 0.15) is 43.7 Å². The lowest BCUT2D eigenvalue weighted by Gasteiger charge is -2.39. The summed E-state index contributed by atoms with van der Waals surface area (Å²) < 4.78 is 44.1. The zero-order valence-corrected chi connectivity index (χ0v) is 17.2. The summed E-state index contributed by atoms with van der Waals surface area (Å²) in [6.07, 6.45) is -2.06. The number of hydrogen-bond acceptors (Lipinski definition) is 3. The Hall–Kier alpha value is -1.53. The van der Waals surface area contributed by atoms with Crippen LogP contribution in [0.25, 0.3) is 0 Å². The number of nitrogens with zero attached hydrogens (tertiary/aromatic N) is 1. The molecule has 1 aromatic carbocycles.